The number of phenols is 1. The summed E-state index contributed by atoms with van der Waals surface area (Å²) >= 11 is 0. The number of benzene rings is 2. The molecule has 202 valence electrons. The summed E-state index contributed by atoms with van der Waals surface area (Å²) in [6.45, 7) is 6.23. The van der Waals surface area contributed by atoms with Crippen LogP contribution < -0.4 is 16.8 Å². The number of phenolic OH excluding ortho intramolecular Hbond substituents is 1. The van der Waals surface area contributed by atoms with Crippen molar-refractivity contribution < 1.29 is 19.5 Å². The molecule has 2 aromatic carbocycles. The maximum absolute atomic E-state index is 14.0. The minimum Gasteiger partial charge on any atom is -0.508 e. The maximum Gasteiger partial charge on any atom is 0.246 e. The molecule has 3 atom stereocenters. The van der Waals surface area contributed by atoms with Crippen LogP contribution in [-0.4, -0.2) is 52.4 Å². The third-order valence-corrected chi connectivity index (χ3v) is 6.36. The summed E-state index contributed by atoms with van der Waals surface area (Å²) in [6.07, 6.45) is 3.33. The van der Waals surface area contributed by atoms with Crippen molar-refractivity contribution >= 4 is 17.7 Å². The zero-order chi connectivity index (χ0) is 27.4. The molecular weight excluding hydrogens is 468 g/mol. The van der Waals surface area contributed by atoms with Gasteiger partial charge in [-0.2, -0.15) is 0 Å². The van der Waals surface area contributed by atoms with Crippen molar-refractivity contribution in [2.45, 2.75) is 77.4 Å². The van der Waals surface area contributed by atoms with Gasteiger partial charge in [-0.25, -0.2) is 0 Å². The first-order chi connectivity index (χ1) is 17.6. The fourth-order valence-electron chi connectivity index (χ4n) is 4.26. The first-order valence-corrected chi connectivity index (χ1v) is 13.1. The molecule has 0 aliphatic heterocycles. The van der Waals surface area contributed by atoms with E-state index in [9.17, 15) is 19.5 Å². The summed E-state index contributed by atoms with van der Waals surface area (Å²) in [5.74, 6) is -1.15. The smallest absolute Gasteiger partial charge is 0.246 e. The number of nitrogens with zero attached hydrogens (tertiary/aromatic N) is 1. The summed E-state index contributed by atoms with van der Waals surface area (Å²) in [4.78, 5) is 41.1. The molecule has 37 heavy (non-hydrogen) atoms. The Kier molecular flexibility index (Phi) is 12.1. The number of carbonyl (C=O) groups is 3. The molecule has 0 unspecified atom stereocenters. The molecular formula is C29H42N4O4. The van der Waals surface area contributed by atoms with Gasteiger partial charge in [0.15, 0.2) is 0 Å². The third-order valence-electron chi connectivity index (χ3n) is 6.36. The Morgan fingerprint density at radius 1 is 1.00 bits per heavy atom. The Labute approximate surface area is 220 Å². The van der Waals surface area contributed by atoms with Gasteiger partial charge >= 0.3 is 0 Å². The van der Waals surface area contributed by atoms with Crippen molar-refractivity contribution in [1.29, 1.82) is 0 Å². The highest BCUT2D eigenvalue weighted by atomic mass is 16.3. The molecule has 0 saturated heterocycles. The molecule has 0 heterocycles. The number of amides is 3. The van der Waals surface area contributed by atoms with Crippen LogP contribution >= 0.6 is 0 Å². The van der Waals surface area contributed by atoms with E-state index in [-0.39, 0.29) is 30.5 Å². The number of unbranched alkanes of at least 4 members (excludes halogenated alkanes) is 1. The van der Waals surface area contributed by atoms with Crippen LogP contribution in [-0.2, 0) is 27.2 Å². The van der Waals surface area contributed by atoms with Crippen LogP contribution in [0.15, 0.2) is 54.6 Å². The highest BCUT2D eigenvalue weighted by Crippen LogP contribution is 2.18. The van der Waals surface area contributed by atoms with E-state index in [1.807, 2.05) is 51.1 Å². The highest BCUT2D eigenvalue weighted by molar-refractivity contribution is 5.93. The Bertz CT molecular complexity index is 995. The van der Waals surface area contributed by atoms with Crippen LogP contribution in [0.5, 0.6) is 5.75 Å². The SMILES string of the molecule is CCCC[C@H](N)C(=O)N[C@@H](Cc1ccc(O)cc1)C(=O)N(CCc1ccccc1)[C@@H](CC(C)C)C(N)=O. The van der Waals surface area contributed by atoms with Crippen LogP contribution in [0.25, 0.3) is 0 Å². The predicted molar refractivity (Wildman–Crippen MR) is 146 cm³/mol. The van der Waals surface area contributed by atoms with Crippen LogP contribution in [0.4, 0.5) is 0 Å². The highest BCUT2D eigenvalue weighted by Gasteiger charge is 2.34. The fourth-order valence-corrected chi connectivity index (χ4v) is 4.26. The van der Waals surface area contributed by atoms with Gasteiger partial charge in [-0.3, -0.25) is 14.4 Å². The van der Waals surface area contributed by atoms with Gasteiger partial charge in [-0.15, -0.1) is 0 Å². The number of carbonyl (C=O) groups excluding carboxylic acids is 3. The predicted octanol–water partition coefficient (Wildman–Crippen LogP) is 2.91. The Balaban J connectivity index is 2.38. The van der Waals surface area contributed by atoms with Gasteiger partial charge < -0.3 is 26.8 Å². The van der Waals surface area contributed by atoms with Crippen molar-refractivity contribution in [3.05, 3.63) is 65.7 Å². The number of rotatable bonds is 15. The van der Waals surface area contributed by atoms with Gasteiger partial charge in [0.1, 0.15) is 17.8 Å². The first kappa shape index (κ1) is 29.8. The zero-order valence-electron chi connectivity index (χ0n) is 22.2. The summed E-state index contributed by atoms with van der Waals surface area (Å²) in [5.41, 5.74) is 13.7. The van der Waals surface area contributed by atoms with E-state index in [1.165, 1.54) is 17.0 Å². The second kappa shape index (κ2) is 15.0. The quantitative estimate of drug-likeness (QED) is 0.292. The molecule has 0 aromatic heterocycles. The van der Waals surface area contributed by atoms with Crippen LogP contribution in [0.2, 0.25) is 0 Å². The van der Waals surface area contributed by atoms with Crippen molar-refractivity contribution in [3.8, 4) is 5.75 Å². The van der Waals surface area contributed by atoms with E-state index in [4.69, 9.17) is 11.5 Å². The lowest BCUT2D eigenvalue weighted by Gasteiger charge is -2.34. The van der Waals surface area contributed by atoms with Gasteiger partial charge in [-0.05, 0) is 48.4 Å². The van der Waals surface area contributed by atoms with E-state index in [1.54, 1.807) is 12.1 Å². The molecule has 0 fully saturated rings. The molecule has 0 saturated carbocycles. The molecule has 6 N–H and O–H groups in total. The molecule has 8 heteroatoms. The van der Waals surface area contributed by atoms with Crippen molar-refractivity contribution in [1.82, 2.24) is 10.2 Å². The van der Waals surface area contributed by atoms with Gasteiger partial charge in [0.2, 0.25) is 17.7 Å². The number of hydrogen-bond acceptors (Lipinski definition) is 5. The van der Waals surface area contributed by atoms with E-state index in [0.29, 0.717) is 19.3 Å². The monoisotopic (exact) mass is 510 g/mol. The van der Waals surface area contributed by atoms with Crippen LogP contribution in [0.3, 0.4) is 0 Å². The van der Waals surface area contributed by atoms with Gasteiger partial charge in [-0.1, -0.05) is 76.1 Å². The molecule has 8 nitrogen and oxygen atoms in total. The largest absolute Gasteiger partial charge is 0.508 e. The molecule has 0 aliphatic rings. The normalized spacial score (nSPS) is 13.5. The number of aromatic hydroxyl groups is 1. The molecule has 0 radical (unpaired) electrons. The Hall–Kier alpha value is -3.39. The van der Waals surface area contributed by atoms with Gasteiger partial charge in [0.25, 0.3) is 0 Å². The number of nitrogens with two attached hydrogens (primary N) is 2. The van der Waals surface area contributed by atoms with Gasteiger partial charge in [0, 0.05) is 13.0 Å². The fraction of sp³-hybridized carbons (Fsp3) is 0.483. The Morgan fingerprint density at radius 3 is 2.22 bits per heavy atom. The first-order valence-electron chi connectivity index (χ1n) is 13.1. The van der Waals surface area contributed by atoms with E-state index < -0.39 is 29.9 Å². The van der Waals surface area contributed by atoms with Crippen molar-refractivity contribution in [2.75, 3.05) is 6.54 Å². The topological polar surface area (TPSA) is 139 Å². The maximum atomic E-state index is 14.0. The molecule has 3 amide bonds. The molecule has 0 spiro atoms. The standard InChI is InChI=1S/C29H42N4O4/c1-4-5-11-24(30)28(36)32-25(19-22-12-14-23(34)15-13-22)29(37)33(26(27(31)35)18-20(2)3)17-16-21-9-7-6-8-10-21/h6-10,12-15,20,24-26,34H,4-5,11,16-19,30H2,1-3H3,(H2,31,35)(H,32,36)/t24-,25-,26-/m0/s1. The summed E-state index contributed by atoms with van der Waals surface area (Å²) in [7, 11) is 0. The van der Waals surface area contributed by atoms with Crippen LogP contribution in [0, 0.1) is 5.92 Å². The lowest BCUT2D eigenvalue weighted by Crippen LogP contribution is -2.58. The second-order valence-corrected chi connectivity index (χ2v) is 10.00. The zero-order valence-corrected chi connectivity index (χ0v) is 22.2. The molecule has 0 bridgehead atoms. The minimum absolute atomic E-state index is 0.104. The van der Waals surface area contributed by atoms with E-state index >= 15 is 0 Å². The minimum atomic E-state index is -0.950. The van der Waals surface area contributed by atoms with Crippen molar-refractivity contribution in [2.24, 2.45) is 17.4 Å². The average molecular weight is 511 g/mol. The number of hydrogen-bond donors (Lipinski definition) is 4. The number of nitrogens with one attached hydrogen (secondary N) is 1. The lowest BCUT2D eigenvalue weighted by atomic mass is 9.98. The van der Waals surface area contributed by atoms with Crippen LogP contribution in [0.1, 0.15) is 57.6 Å². The number of primary amides is 1. The summed E-state index contributed by atoms with van der Waals surface area (Å²) < 4.78 is 0. The Morgan fingerprint density at radius 2 is 1.65 bits per heavy atom. The lowest BCUT2D eigenvalue weighted by molar-refractivity contribution is -0.143. The molecule has 2 rings (SSSR count). The van der Waals surface area contributed by atoms with Crippen molar-refractivity contribution in [3.63, 3.8) is 0 Å². The summed E-state index contributed by atoms with van der Waals surface area (Å²) in [5, 5.41) is 12.5. The second-order valence-electron chi connectivity index (χ2n) is 10.00. The summed E-state index contributed by atoms with van der Waals surface area (Å²) in [6, 6.07) is 13.7. The van der Waals surface area contributed by atoms with Gasteiger partial charge in [0.05, 0.1) is 6.04 Å². The third kappa shape index (κ3) is 9.88. The van der Waals surface area contributed by atoms with E-state index in [2.05, 4.69) is 5.32 Å². The van der Waals surface area contributed by atoms with E-state index in [0.717, 1.165) is 24.0 Å². The average Bonchev–Trinajstić information content (AvgIpc) is 2.87. The molecule has 2 aromatic rings. The molecule has 0 aliphatic carbocycles.